The van der Waals surface area contributed by atoms with Crippen molar-refractivity contribution in [3.05, 3.63) is 53.4 Å². The third-order valence-electron chi connectivity index (χ3n) is 3.56. The van der Waals surface area contributed by atoms with Crippen LogP contribution >= 0.6 is 0 Å². The van der Waals surface area contributed by atoms with Gasteiger partial charge < -0.3 is 18.9 Å². The Labute approximate surface area is 138 Å². The zero-order valence-corrected chi connectivity index (χ0v) is 13.2. The second-order valence-electron chi connectivity index (χ2n) is 4.97. The molecule has 0 radical (unpaired) electrons. The summed E-state index contributed by atoms with van der Waals surface area (Å²) >= 11 is 0. The highest BCUT2D eigenvalue weighted by Gasteiger charge is 2.26. The minimum Gasteiger partial charge on any atom is -0.493 e. The van der Waals surface area contributed by atoms with Crippen molar-refractivity contribution in [3.63, 3.8) is 0 Å². The summed E-state index contributed by atoms with van der Waals surface area (Å²) in [7, 11) is 3.02. The fourth-order valence-corrected chi connectivity index (χ4v) is 2.40. The summed E-state index contributed by atoms with van der Waals surface area (Å²) in [6, 6.07) is 7.04. The highest BCUT2D eigenvalue weighted by molar-refractivity contribution is 6.07. The Kier molecular flexibility index (Phi) is 4.37. The lowest BCUT2D eigenvalue weighted by Gasteiger charge is -2.11. The maximum absolute atomic E-state index is 12.9. The van der Waals surface area contributed by atoms with Crippen LogP contribution in [-0.2, 0) is 0 Å². The summed E-state index contributed by atoms with van der Waals surface area (Å²) < 4.78 is 34.4. The molecule has 0 atom stereocenters. The monoisotopic (exact) mass is 330 g/mol. The molecule has 124 valence electrons. The molecule has 0 saturated carbocycles. The third-order valence-corrected chi connectivity index (χ3v) is 3.56. The molecule has 1 aliphatic rings. The first-order valence-corrected chi connectivity index (χ1v) is 7.16. The van der Waals surface area contributed by atoms with Gasteiger partial charge in [0.05, 0.1) is 14.2 Å². The number of benzene rings is 2. The lowest BCUT2D eigenvalue weighted by atomic mass is 10.1. The molecule has 0 bridgehead atoms. The molecule has 0 aromatic heterocycles. The number of rotatable bonds is 5. The van der Waals surface area contributed by atoms with E-state index < -0.39 is 5.82 Å². The average molecular weight is 330 g/mol. The Morgan fingerprint density at radius 1 is 1.12 bits per heavy atom. The molecular weight excluding hydrogens is 315 g/mol. The Morgan fingerprint density at radius 2 is 1.83 bits per heavy atom. The Balaban J connectivity index is 1.94. The second-order valence-corrected chi connectivity index (χ2v) is 4.97. The van der Waals surface area contributed by atoms with E-state index >= 15 is 0 Å². The number of carbonyl (C=O) groups is 1. The van der Waals surface area contributed by atoms with Crippen LogP contribution in [0.3, 0.4) is 0 Å². The number of methoxy groups -OCH3 is 2. The molecule has 1 aliphatic heterocycles. The van der Waals surface area contributed by atoms with E-state index in [1.165, 1.54) is 44.6 Å². The van der Waals surface area contributed by atoms with Crippen LogP contribution in [0.5, 0.6) is 23.0 Å². The lowest BCUT2D eigenvalue weighted by molar-refractivity contribution is 0.104. The van der Waals surface area contributed by atoms with Gasteiger partial charge in [0.15, 0.2) is 17.3 Å². The number of hydrogen-bond donors (Lipinski definition) is 0. The number of hydrogen-bond acceptors (Lipinski definition) is 5. The smallest absolute Gasteiger partial charge is 0.231 e. The van der Waals surface area contributed by atoms with Gasteiger partial charge in [-0.05, 0) is 42.5 Å². The summed E-state index contributed by atoms with van der Waals surface area (Å²) in [6.45, 7) is 0.0731. The van der Waals surface area contributed by atoms with E-state index in [1.54, 1.807) is 12.1 Å². The Bertz CT molecular complexity index is 796. The van der Waals surface area contributed by atoms with E-state index in [4.69, 9.17) is 18.9 Å². The molecular formula is C18H15FO5. The molecule has 0 unspecified atom stereocenters. The number of ether oxygens (including phenoxy) is 4. The molecule has 0 fully saturated rings. The largest absolute Gasteiger partial charge is 0.493 e. The van der Waals surface area contributed by atoms with Crippen molar-refractivity contribution < 1.29 is 28.1 Å². The molecule has 0 aliphatic carbocycles. The van der Waals surface area contributed by atoms with Gasteiger partial charge in [0.25, 0.3) is 0 Å². The second kappa shape index (κ2) is 6.62. The van der Waals surface area contributed by atoms with Crippen LogP contribution in [0.15, 0.2) is 36.4 Å². The van der Waals surface area contributed by atoms with Crippen LogP contribution in [0, 0.1) is 5.82 Å². The van der Waals surface area contributed by atoms with Crippen LogP contribution in [0.4, 0.5) is 4.39 Å². The molecule has 0 amide bonds. The van der Waals surface area contributed by atoms with Gasteiger partial charge in [0.2, 0.25) is 18.3 Å². The number of carbonyl (C=O) groups excluding carboxylic acids is 1. The predicted octanol–water partition coefficient (Wildman–Crippen LogP) is 3.47. The van der Waals surface area contributed by atoms with Crippen LogP contribution in [0.2, 0.25) is 0 Å². The van der Waals surface area contributed by atoms with Gasteiger partial charge in [-0.25, -0.2) is 4.39 Å². The van der Waals surface area contributed by atoms with Gasteiger partial charge in [-0.2, -0.15) is 0 Å². The molecule has 0 saturated heterocycles. The first-order chi connectivity index (χ1) is 11.6. The first kappa shape index (κ1) is 15.9. The van der Waals surface area contributed by atoms with Crippen molar-refractivity contribution in [1.82, 2.24) is 0 Å². The van der Waals surface area contributed by atoms with E-state index in [0.717, 1.165) is 0 Å². The number of allylic oxidation sites excluding steroid dienone is 1. The van der Waals surface area contributed by atoms with E-state index in [1.807, 2.05) is 0 Å². The van der Waals surface area contributed by atoms with Crippen molar-refractivity contribution in [2.75, 3.05) is 21.0 Å². The van der Waals surface area contributed by atoms with Crippen molar-refractivity contribution in [1.29, 1.82) is 0 Å². The van der Waals surface area contributed by atoms with Gasteiger partial charge in [-0.3, -0.25) is 4.79 Å². The first-order valence-electron chi connectivity index (χ1n) is 7.16. The van der Waals surface area contributed by atoms with Crippen LogP contribution in [-0.4, -0.2) is 26.8 Å². The maximum atomic E-state index is 12.9. The van der Waals surface area contributed by atoms with Crippen molar-refractivity contribution in [3.8, 4) is 23.0 Å². The van der Waals surface area contributed by atoms with Crippen molar-refractivity contribution in [2.45, 2.75) is 0 Å². The summed E-state index contributed by atoms with van der Waals surface area (Å²) in [4.78, 5) is 12.2. The van der Waals surface area contributed by atoms with Crippen molar-refractivity contribution >= 4 is 11.9 Å². The number of fused-ring (bicyclic) bond motifs is 1. The molecule has 3 rings (SSSR count). The molecule has 0 spiro atoms. The summed E-state index contributed by atoms with van der Waals surface area (Å²) in [6.07, 6.45) is 2.97. The van der Waals surface area contributed by atoms with Crippen LogP contribution in [0.25, 0.3) is 6.08 Å². The number of halogens is 1. The fraction of sp³-hybridized carbons (Fsp3) is 0.167. The molecule has 5 nitrogen and oxygen atoms in total. The van der Waals surface area contributed by atoms with Crippen molar-refractivity contribution in [2.24, 2.45) is 0 Å². The normalized spacial score (nSPS) is 12.5. The van der Waals surface area contributed by atoms with E-state index in [0.29, 0.717) is 34.1 Å². The van der Waals surface area contributed by atoms with E-state index in [2.05, 4.69) is 0 Å². The van der Waals surface area contributed by atoms with Gasteiger partial charge in [-0.15, -0.1) is 0 Å². The van der Waals surface area contributed by atoms with Gasteiger partial charge in [0, 0.05) is 11.1 Å². The minimum absolute atomic E-state index is 0.0731. The zero-order valence-electron chi connectivity index (χ0n) is 13.2. The summed E-state index contributed by atoms with van der Waals surface area (Å²) in [5, 5.41) is 0. The highest BCUT2D eigenvalue weighted by atomic mass is 19.1. The van der Waals surface area contributed by atoms with E-state index in [9.17, 15) is 9.18 Å². The SMILES string of the molecule is COc1cc(/C=C/C(=O)c2ccc(F)cc2)c(OC)c2c1OCO2. The average Bonchev–Trinajstić information content (AvgIpc) is 3.08. The standard InChI is InChI=1S/C18H15FO5/c1-21-15-9-12(16(22-2)18-17(15)23-10-24-18)5-8-14(20)11-3-6-13(19)7-4-11/h3-9H,10H2,1-2H3/b8-5+. The third kappa shape index (κ3) is 2.90. The van der Waals surface area contributed by atoms with Gasteiger partial charge in [-0.1, -0.05) is 0 Å². The Hall–Kier alpha value is -3.02. The van der Waals surface area contributed by atoms with Gasteiger partial charge in [0.1, 0.15) is 5.82 Å². The number of ketones is 1. The quantitative estimate of drug-likeness (QED) is 0.621. The Morgan fingerprint density at radius 3 is 2.50 bits per heavy atom. The molecule has 24 heavy (non-hydrogen) atoms. The molecule has 1 heterocycles. The lowest BCUT2D eigenvalue weighted by Crippen LogP contribution is -1.96. The van der Waals surface area contributed by atoms with Gasteiger partial charge >= 0.3 is 0 Å². The predicted molar refractivity (Wildman–Crippen MR) is 85.4 cm³/mol. The summed E-state index contributed by atoms with van der Waals surface area (Å²) in [5.74, 6) is 1.19. The highest BCUT2D eigenvalue weighted by Crippen LogP contribution is 2.49. The minimum atomic E-state index is -0.391. The molecule has 6 heteroatoms. The zero-order chi connectivity index (χ0) is 17.1. The van der Waals surface area contributed by atoms with E-state index in [-0.39, 0.29) is 12.6 Å². The fourth-order valence-electron chi connectivity index (χ4n) is 2.40. The molecule has 0 N–H and O–H groups in total. The molecule has 2 aromatic rings. The van der Waals surface area contributed by atoms with Crippen LogP contribution in [0.1, 0.15) is 15.9 Å². The summed E-state index contributed by atoms with van der Waals surface area (Å²) in [5.41, 5.74) is 0.994. The molecule has 2 aromatic carbocycles. The van der Waals surface area contributed by atoms with Crippen LogP contribution < -0.4 is 18.9 Å². The topological polar surface area (TPSA) is 54.0 Å². The maximum Gasteiger partial charge on any atom is 0.231 e.